The van der Waals surface area contributed by atoms with E-state index < -0.39 is 5.60 Å². The van der Waals surface area contributed by atoms with Crippen LogP contribution in [0.5, 0.6) is 0 Å². The first-order valence-electron chi connectivity index (χ1n) is 15.2. The summed E-state index contributed by atoms with van der Waals surface area (Å²) in [6.07, 6.45) is 11.3. The van der Waals surface area contributed by atoms with E-state index in [0.717, 1.165) is 38.5 Å². The Hall–Kier alpha value is -0.200. The van der Waals surface area contributed by atoms with Gasteiger partial charge in [-0.15, -0.1) is 0 Å². The SMILES string of the molecule is COC(CCC[C@H]1[C@@H](O)C[C@@]2(C)C3C[C@H](OC)[C@H]4C(C)(C)[C@@H](OC)CCC45CC35CC[C@]12C)C(C)(C)O. The Bertz CT molecular complexity index is 866. The summed E-state index contributed by atoms with van der Waals surface area (Å²) >= 11 is 0. The summed E-state index contributed by atoms with van der Waals surface area (Å²) < 4.78 is 18.1. The quantitative estimate of drug-likeness (QED) is 0.411. The summed E-state index contributed by atoms with van der Waals surface area (Å²) in [7, 11) is 5.53. The van der Waals surface area contributed by atoms with E-state index in [-0.39, 0.29) is 34.6 Å². The van der Waals surface area contributed by atoms with Crippen LogP contribution in [0.25, 0.3) is 0 Å². The van der Waals surface area contributed by atoms with Crippen molar-refractivity contribution in [1.29, 1.82) is 0 Å². The molecule has 0 heterocycles. The van der Waals surface area contributed by atoms with Gasteiger partial charge in [-0.1, -0.05) is 34.1 Å². The molecule has 0 aromatic heterocycles. The molecule has 5 rings (SSSR count). The van der Waals surface area contributed by atoms with Gasteiger partial charge in [-0.25, -0.2) is 0 Å². The third-order valence-electron chi connectivity index (χ3n) is 13.8. The zero-order chi connectivity index (χ0) is 27.2. The van der Waals surface area contributed by atoms with Crippen LogP contribution in [0.3, 0.4) is 0 Å². The predicted molar refractivity (Wildman–Crippen MR) is 146 cm³/mol. The molecule has 0 aromatic carbocycles. The number of hydrogen-bond donors (Lipinski definition) is 2. The molecule has 4 unspecified atom stereocenters. The topological polar surface area (TPSA) is 68.2 Å². The second-order valence-electron chi connectivity index (χ2n) is 15.6. The zero-order valence-electron chi connectivity index (χ0n) is 25.2. The number of aliphatic hydroxyl groups excluding tert-OH is 1. The molecule has 2 N–H and O–H groups in total. The molecule has 0 bridgehead atoms. The van der Waals surface area contributed by atoms with E-state index in [9.17, 15) is 10.2 Å². The summed E-state index contributed by atoms with van der Waals surface area (Å²) in [5, 5.41) is 22.1. The van der Waals surface area contributed by atoms with Crippen molar-refractivity contribution in [1.82, 2.24) is 0 Å². The van der Waals surface area contributed by atoms with Gasteiger partial charge in [0.15, 0.2) is 0 Å². The molecule has 11 atom stereocenters. The van der Waals surface area contributed by atoms with Crippen LogP contribution in [0.4, 0.5) is 0 Å². The summed E-state index contributed by atoms with van der Waals surface area (Å²) in [5.74, 6) is 1.46. The highest BCUT2D eigenvalue weighted by atomic mass is 16.5. The number of hydrogen-bond acceptors (Lipinski definition) is 5. The van der Waals surface area contributed by atoms with E-state index >= 15 is 0 Å². The van der Waals surface area contributed by atoms with E-state index in [2.05, 4.69) is 27.7 Å². The molecule has 214 valence electrons. The Balaban J connectivity index is 1.41. The van der Waals surface area contributed by atoms with Gasteiger partial charge >= 0.3 is 0 Å². The van der Waals surface area contributed by atoms with Crippen molar-refractivity contribution in [3.05, 3.63) is 0 Å². The van der Waals surface area contributed by atoms with Gasteiger partial charge in [0.05, 0.1) is 30.0 Å². The first-order chi connectivity index (χ1) is 17.2. The molecule has 5 fully saturated rings. The van der Waals surface area contributed by atoms with Crippen LogP contribution in [0.1, 0.15) is 106 Å². The number of rotatable bonds is 8. The van der Waals surface area contributed by atoms with Crippen molar-refractivity contribution in [2.45, 2.75) is 136 Å². The second kappa shape index (κ2) is 8.90. The summed E-state index contributed by atoms with van der Waals surface area (Å²) in [5.41, 5.74) is 0.310. The average molecular weight is 521 g/mol. The van der Waals surface area contributed by atoms with Crippen LogP contribution in [0, 0.1) is 44.8 Å². The Morgan fingerprint density at radius 2 is 1.65 bits per heavy atom. The van der Waals surface area contributed by atoms with E-state index in [1.54, 1.807) is 7.11 Å². The summed E-state index contributed by atoms with van der Waals surface area (Å²) in [6, 6.07) is 0. The molecule has 0 radical (unpaired) electrons. The fourth-order valence-corrected chi connectivity index (χ4v) is 12.0. The van der Waals surface area contributed by atoms with Gasteiger partial charge < -0.3 is 24.4 Å². The highest BCUT2D eigenvalue weighted by Crippen LogP contribution is 2.89. The molecule has 5 heteroatoms. The van der Waals surface area contributed by atoms with Crippen molar-refractivity contribution in [3.63, 3.8) is 0 Å². The van der Waals surface area contributed by atoms with Gasteiger partial charge in [0, 0.05) is 21.3 Å². The van der Waals surface area contributed by atoms with Crippen molar-refractivity contribution in [2.24, 2.45) is 44.8 Å². The van der Waals surface area contributed by atoms with E-state index in [1.165, 1.54) is 25.7 Å². The lowest BCUT2D eigenvalue weighted by Crippen LogP contribution is -2.61. The van der Waals surface area contributed by atoms with Gasteiger partial charge in [-0.05, 0) is 116 Å². The van der Waals surface area contributed by atoms with Gasteiger partial charge in [0.2, 0.25) is 0 Å². The van der Waals surface area contributed by atoms with Crippen molar-refractivity contribution < 1.29 is 24.4 Å². The minimum atomic E-state index is -0.845. The third kappa shape index (κ3) is 3.65. The lowest BCUT2D eigenvalue weighted by atomic mass is 9.41. The molecule has 0 amide bonds. The Morgan fingerprint density at radius 3 is 2.24 bits per heavy atom. The summed E-state index contributed by atoms with van der Waals surface area (Å²) in [6.45, 7) is 13.6. The molecule has 2 spiro atoms. The van der Waals surface area contributed by atoms with Crippen molar-refractivity contribution in [3.8, 4) is 0 Å². The molecule has 0 saturated heterocycles. The normalized spacial score (nSPS) is 51.0. The van der Waals surface area contributed by atoms with Crippen LogP contribution in [-0.2, 0) is 14.2 Å². The van der Waals surface area contributed by atoms with Gasteiger partial charge in [0.1, 0.15) is 0 Å². The Labute approximate surface area is 226 Å². The highest BCUT2D eigenvalue weighted by Gasteiger charge is 2.84. The van der Waals surface area contributed by atoms with Crippen molar-refractivity contribution in [2.75, 3.05) is 21.3 Å². The average Bonchev–Trinajstić information content (AvgIpc) is 3.41. The van der Waals surface area contributed by atoms with Gasteiger partial charge in [-0.3, -0.25) is 0 Å². The minimum absolute atomic E-state index is 0.111. The minimum Gasteiger partial charge on any atom is -0.393 e. The fourth-order valence-electron chi connectivity index (χ4n) is 12.0. The molecule has 0 aromatic rings. The number of methoxy groups -OCH3 is 3. The smallest absolute Gasteiger partial charge is 0.0852 e. The van der Waals surface area contributed by atoms with Gasteiger partial charge in [0.25, 0.3) is 0 Å². The highest BCUT2D eigenvalue weighted by molar-refractivity contribution is 5.32. The largest absolute Gasteiger partial charge is 0.393 e. The van der Waals surface area contributed by atoms with Crippen LogP contribution in [0.2, 0.25) is 0 Å². The first-order valence-corrected chi connectivity index (χ1v) is 15.2. The van der Waals surface area contributed by atoms with Crippen LogP contribution < -0.4 is 0 Å². The lowest BCUT2D eigenvalue weighted by Gasteiger charge is -2.64. The van der Waals surface area contributed by atoms with Crippen molar-refractivity contribution >= 4 is 0 Å². The maximum absolute atomic E-state index is 11.6. The lowest BCUT2D eigenvalue weighted by molar-refractivity contribution is -0.207. The van der Waals surface area contributed by atoms with E-state index in [1.807, 2.05) is 28.1 Å². The van der Waals surface area contributed by atoms with Crippen LogP contribution in [0.15, 0.2) is 0 Å². The number of aliphatic hydroxyl groups is 2. The standard InChI is InChI=1S/C32H56O5/c1-27(2)24(36-8)13-14-32-19-31(32)16-15-29(5)20(11-10-12-25(37-9)28(3,4)34)21(33)18-30(29,6)23(31)17-22(35-7)26(27)32/h20-26,33-34H,10-19H2,1-9H3/t20-,21-,22-,23?,24-,25?,26-,29+,30-,31?,32?/m0/s1. The maximum atomic E-state index is 11.6. The molecule has 0 aliphatic heterocycles. The predicted octanol–water partition coefficient (Wildman–Crippen LogP) is 5.99. The Kier molecular flexibility index (Phi) is 6.81. The Morgan fingerprint density at radius 1 is 0.946 bits per heavy atom. The molecule has 5 aliphatic carbocycles. The van der Waals surface area contributed by atoms with Crippen LogP contribution in [-0.4, -0.2) is 61.6 Å². The second-order valence-corrected chi connectivity index (χ2v) is 15.6. The van der Waals surface area contributed by atoms with Crippen LogP contribution >= 0.6 is 0 Å². The molecular weight excluding hydrogens is 464 g/mol. The fraction of sp³-hybridized carbons (Fsp3) is 1.00. The van der Waals surface area contributed by atoms with Gasteiger partial charge in [-0.2, -0.15) is 0 Å². The zero-order valence-corrected chi connectivity index (χ0v) is 25.2. The molecule has 5 nitrogen and oxygen atoms in total. The van der Waals surface area contributed by atoms with E-state index in [4.69, 9.17) is 14.2 Å². The monoisotopic (exact) mass is 520 g/mol. The number of ether oxygens (including phenoxy) is 3. The van der Waals surface area contributed by atoms with E-state index in [0.29, 0.717) is 34.7 Å². The maximum Gasteiger partial charge on any atom is 0.0852 e. The summed E-state index contributed by atoms with van der Waals surface area (Å²) in [4.78, 5) is 0. The molecule has 37 heavy (non-hydrogen) atoms. The number of fused-ring (bicyclic) bond motifs is 2. The first kappa shape index (κ1) is 28.3. The third-order valence-corrected chi connectivity index (χ3v) is 13.8. The molecule has 5 aliphatic rings. The molecular formula is C32H56O5. The molecule has 5 saturated carbocycles.